The van der Waals surface area contributed by atoms with Gasteiger partial charge in [0.25, 0.3) is 0 Å². The lowest BCUT2D eigenvalue weighted by molar-refractivity contribution is 0.457. The Morgan fingerprint density at radius 2 is 1.89 bits per heavy atom. The molecule has 2 nitrogen and oxygen atoms in total. The SMILES string of the molecule is CC1(C)C(CNc2ccc(C#N)cc2F)C1(C)C. The van der Waals surface area contributed by atoms with Crippen LogP contribution in [0.15, 0.2) is 18.2 Å². The predicted molar refractivity (Wildman–Crippen MR) is 70.7 cm³/mol. The van der Waals surface area contributed by atoms with Gasteiger partial charge in [-0.25, -0.2) is 4.39 Å². The Bertz CT molecular complexity index is 498. The third-order valence-electron chi connectivity index (χ3n) is 4.91. The Labute approximate surface area is 108 Å². The lowest BCUT2D eigenvalue weighted by Gasteiger charge is -2.08. The summed E-state index contributed by atoms with van der Waals surface area (Å²) in [5.41, 5.74) is 1.42. The van der Waals surface area contributed by atoms with E-state index in [0.29, 0.717) is 28.0 Å². The molecule has 0 unspecified atom stereocenters. The largest absolute Gasteiger partial charge is 0.382 e. The number of hydrogen-bond acceptors (Lipinski definition) is 2. The van der Waals surface area contributed by atoms with Crippen molar-refractivity contribution in [1.29, 1.82) is 5.26 Å². The molecule has 1 N–H and O–H groups in total. The first-order valence-corrected chi connectivity index (χ1v) is 6.24. The number of benzene rings is 1. The van der Waals surface area contributed by atoms with Crippen molar-refractivity contribution < 1.29 is 4.39 Å². The monoisotopic (exact) mass is 246 g/mol. The van der Waals surface area contributed by atoms with Crippen molar-refractivity contribution in [2.24, 2.45) is 16.7 Å². The molecule has 18 heavy (non-hydrogen) atoms. The van der Waals surface area contributed by atoms with Gasteiger partial charge < -0.3 is 5.32 Å². The van der Waals surface area contributed by atoms with E-state index in [-0.39, 0.29) is 5.82 Å². The van der Waals surface area contributed by atoms with Gasteiger partial charge in [0, 0.05) is 6.54 Å². The molecule has 1 saturated carbocycles. The third-order valence-corrected chi connectivity index (χ3v) is 4.91. The number of anilines is 1. The van der Waals surface area contributed by atoms with E-state index in [0.717, 1.165) is 6.54 Å². The quantitative estimate of drug-likeness (QED) is 0.880. The molecule has 0 bridgehead atoms. The van der Waals surface area contributed by atoms with Gasteiger partial charge in [-0.15, -0.1) is 0 Å². The highest BCUT2D eigenvalue weighted by molar-refractivity contribution is 5.49. The summed E-state index contributed by atoms with van der Waals surface area (Å²) in [6.45, 7) is 9.74. The first-order valence-electron chi connectivity index (χ1n) is 6.24. The van der Waals surface area contributed by atoms with E-state index < -0.39 is 0 Å². The predicted octanol–water partition coefficient (Wildman–Crippen LogP) is 3.79. The number of nitrogens with zero attached hydrogens (tertiary/aromatic N) is 1. The van der Waals surface area contributed by atoms with Crippen LogP contribution in [0.3, 0.4) is 0 Å². The van der Waals surface area contributed by atoms with E-state index in [1.165, 1.54) is 6.07 Å². The molecule has 1 aromatic rings. The number of rotatable bonds is 3. The molecule has 1 aliphatic rings. The van der Waals surface area contributed by atoms with E-state index in [9.17, 15) is 4.39 Å². The Morgan fingerprint density at radius 1 is 1.28 bits per heavy atom. The molecule has 0 radical (unpaired) electrons. The highest BCUT2D eigenvalue weighted by Gasteiger charge is 2.64. The van der Waals surface area contributed by atoms with Gasteiger partial charge in [0.2, 0.25) is 0 Å². The molecular weight excluding hydrogens is 227 g/mol. The van der Waals surface area contributed by atoms with E-state index in [1.807, 2.05) is 6.07 Å². The van der Waals surface area contributed by atoms with Gasteiger partial charge in [-0.05, 0) is 34.9 Å². The summed E-state index contributed by atoms with van der Waals surface area (Å²) in [6, 6.07) is 6.47. The lowest BCUT2D eigenvalue weighted by atomic mass is 10.0. The van der Waals surface area contributed by atoms with Crippen LogP contribution in [0.25, 0.3) is 0 Å². The maximum atomic E-state index is 13.7. The fraction of sp³-hybridized carbons (Fsp3) is 0.533. The van der Waals surface area contributed by atoms with Crippen molar-refractivity contribution in [2.45, 2.75) is 27.7 Å². The second-order valence-corrected chi connectivity index (χ2v) is 6.18. The van der Waals surface area contributed by atoms with Crippen LogP contribution in [0.4, 0.5) is 10.1 Å². The minimum atomic E-state index is -0.356. The number of hydrogen-bond donors (Lipinski definition) is 1. The summed E-state index contributed by atoms with van der Waals surface area (Å²) in [5, 5.41) is 11.8. The molecule has 0 saturated heterocycles. The van der Waals surface area contributed by atoms with Gasteiger partial charge in [-0.3, -0.25) is 0 Å². The molecular formula is C15H19FN2. The minimum absolute atomic E-state index is 0.295. The van der Waals surface area contributed by atoms with Crippen molar-refractivity contribution >= 4 is 5.69 Å². The van der Waals surface area contributed by atoms with Crippen molar-refractivity contribution in [3.63, 3.8) is 0 Å². The van der Waals surface area contributed by atoms with Gasteiger partial charge in [-0.2, -0.15) is 5.26 Å². The molecule has 0 amide bonds. The van der Waals surface area contributed by atoms with Gasteiger partial charge in [0.15, 0.2) is 0 Å². The topological polar surface area (TPSA) is 35.8 Å². The molecule has 0 aromatic heterocycles. The van der Waals surface area contributed by atoms with Gasteiger partial charge >= 0.3 is 0 Å². The highest BCUT2D eigenvalue weighted by Crippen LogP contribution is 2.68. The molecule has 0 heterocycles. The molecule has 1 aromatic carbocycles. The maximum absolute atomic E-state index is 13.7. The number of halogens is 1. The molecule has 0 spiro atoms. The summed E-state index contributed by atoms with van der Waals surface area (Å²) in [7, 11) is 0. The first kappa shape index (κ1) is 12.9. The number of nitrogens with one attached hydrogen (secondary N) is 1. The zero-order chi connectivity index (χ0) is 13.6. The zero-order valence-electron chi connectivity index (χ0n) is 11.3. The highest BCUT2D eigenvalue weighted by atomic mass is 19.1. The fourth-order valence-corrected chi connectivity index (χ4v) is 2.78. The first-order chi connectivity index (χ1) is 8.30. The Hall–Kier alpha value is -1.56. The summed E-state index contributed by atoms with van der Waals surface area (Å²) < 4.78 is 13.7. The molecule has 0 aliphatic heterocycles. The average molecular weight is 246 g/mol. The fourth-order valence-electron chi connectivity index (χ4n) is 2.78. The van der Waals surface area contributed by atoms with Crippen molar-refractivity contribution in [3.05, 3.63) is 29.6 Å². The Morgan fingerprint density at radius 3 is 2.33 bits per heavy atom. The summed E-state index contributed by atoms with van der Waals surface area (Å²) in [6.07, 6.45) is 0. The van der Waals surface area contributed by atoms with Crippen LogP contribution in [-0.2, 0) is 0 Å². The van der Waals surface area contributed by atoms with Crippen LogP contribution in [-0.4, -0.2) is 6.54 Å². The molecule has 0 atom stereocenters. The molecule has 3 heteroatoms. The lowest BCUT2D eigenvalue weighted by Crippen LogP contribution is -2.09. The standard InChI is InChI=1S/C15H19FN2/c1-14(2)13(15(14,3)4)9-18-12-6-5-10(8-17)7-11(12)16/h5-7,13,18H,9H2,1-4H3. The second-order valence-electron chi connectivity index (χ2n) is 6.18. The average Bonchev–Trinajstić information content (AvgIpc) is 2.68. The van der Waals surface area contributed by atoms with Crippen LogP contribution < -0.4 is 5.32 Å². The van der Waals surface area contributed by atoms with Crippen molar-refractivity contribution in [1.82, 2.24) is 0 Å². The Kier molecular flexibility index (Phi) is 2.85. The van der Waals surface area contributed by atoms with E-state index in [4.69, 9.17) is 5.26 Å². The molecule has 2 rings (SSSR count). The second kappa shape index (κ2) is 3.98. The van der Waals surface area contributed by atoms with Crippen LogP contribution in [0.1, 0.15) is 33.3 Å². The van der Waals surface area contributed by atoms with E-state index >= 15 is 0 Å². The van der Waals surface area contributed by atoms with Crippen LogP contribution in [0, 0.1) is 33.9 Å². The van der Waals surface area contributed by atoms with Crippen molar-refractivity contribution in [2.75, 3.05) is 11.9 Å². The van der Waals surface area contributed by atoms with Crippen LogP contribution in [0.5, 0.6) is 0 Å². The third kappa shape index (κ3) is 1.86. The minimum Gasteiger partial charge on any atom is -0.382 e. The summed E-state index contributed by atoms with van der Waals surface area (Å²) in [5.74, 6) is 0.186. The van der Waals surface area contributed by atoms with Crippen molar-refractivity contribution in [3.8, 4) is 6.07 Å². The normalized spacial score (nSPS) is 20.2. The smallest absolute Gasteiger partial charge is 0.147 e. The molecule has 1 fully saturated rings. The number of nitriles is 1. The molecule has 1 aliphatic carbocycles. The molecule has 96 valence electrons. The van der Waals surface area contributed by atoms with Crippen LogP contribution in [0.2, 0.25) is 0 Å². The van der Waals surface area contributed by atoms with Gasteiger partial charge in [-0.1, -0.05) is 27.7 Å². The summed E-state index contributed by atoms with van der Waals surface area (Å²) >= 11 is 0. The Balaban J connectivity index is 2.03. The van der Waals surface area contributed by atoms with Gasteiger partial charge in [0.1, 0.15) is 5.82 Å². The van der Waals surface area contributed by atoms with E-state index in [1.54, 1.807) is 12.1 Å². The van der Waals surface area contributed by atoms with Crippen LogP contribution >= 0.6 is 0 Å². The maximum Gasteiger partial charge on any atom is 0.147 e. The van der Waals surface area contributed by atoms with Gasteiger partial charge in [0.05, 0.1) is 17.3 Å². The zero-order valence-corrected chi connectivity index (χ0v) is 11.3. The summed E-state index contributed by atoms with van der Waals surface area (Å²) in [4.78, 5) is 0. The van der Waals surface area contributed by atoms with E-state index in [2.05, 4.69) is 33.0 Å².